The van der Waals surface area contributed by atoms with Gasteiger partial charge in [-0.2, -0.15) is 10.4 Å². The van der Waals surface area contributed by atoms with E-state index in [1.807, 2.05) is 0 Å². The van der Waals surface area contributed by atoms with Crippen LogP contribution in [0.5, 0.6) is 0 Å². The topological polar surface area (TPSA) is 70.9 Å². The molecule has 0 spiro atoms. The van der Waals surface area contributed by atoms with Crippen molar-refractivity contribution in [3.8, 4) is 0 Å². The van der Waals surface area contributed by atoms with E-state index in [0.717, 1.165) is 0 Å². The smallest absolute Gasteiger partial charge is 0.197 e. The van der Waals surface area contributed by atoms with Gasteiger partial charge in [-0.25, -0.2) is 0 Å². The van der Waals surface area contributed by atoms with Gasteiger partial charge in [0.2, 0.25) is 0 Å². The van der Waals surface area contributed by atoms with E-state index in [4.69, 9.17) is 16.1 Å². The van der Waals surface area contributed by atoms with Crippen LogP contribution in [-0.2, 0) is 0 Å². The molecular weight excluding hydrogens is 132 g/mol. The number of quaternary nitrogens is 1. The second-order valence-corrected chi connectivity index (χ2v) is 1.95. The summed E-state index contributed by atoms with van der Waals surface area (Å²) in [7, 11) is 0. The van der Waals surface area contributed by atoms with Crippen molar-refractivity contribution in [1.82, 2.24) is 0 Å². The lowest BCUT2D eigenvalue weighted by molar-refractivity contribution is -1.19. The molecular formula is C6H9N2O2+. The molecule has 0 saturated heterocycles. The maximum Gasteiger partial charge on any atom is 0.197 e. The molecule has 1 aromatic rings. The van der Waals surface area contributed by atoms with Gasteiger partial charge in [0.1, 0.15) is 0 Å². The lowest BCUT2D eigenvalue weighted by Crippen LogP contribution is -3.01. The van der Waals surface area contributed by atoms with E-state index < -0.39 is 5.23 Å². The standard InChI is InChI=1S/C6H8N2O2/c7-5-1-3-6(4-2-5)8(9)10/h1-4,9-10H,7H2/p+1. The lowest BCUT2D eigenvalue weighted by atomic mass is 10.3. The van der Waals surface area contributed by atoms with Crippen LogP contribution in [0.4, 0.5) is 11.4 Å². The van der Waals surface area contributed by atoms with Crippen LogP contribution in [0.1, 0.15) is 0 Å². The quantitative estimate of drug-likeness (QED) is 0.316. The van der Waals surface area contributed by atoms with Crippen molar-refractivity contribution in [1.29, 1.82) is 0 Å². The molecule has 54 valence electrons. The fraction of sp³-hybridized carbons (Fsp3) is 0. The summed E-state index contributed by atoms with van der Waals surface area (Å²) in [6, 6.07) is 6.26. The highest BCUT2D eigenvalue weighted by Crippen LogP contribution is 2.04. The van der Waals surface area contributed by atoms with Gasteiger partial charge in [-0.15, -0.1) is 0 Å². The number of benzene rings is 1. The normalized spacial score (nSPS) is 10.3. The molecule has 0 aliphatic heterocycles. The number of hydrogen-bond donors (Lipinski definition) is 4. The summed E-state index contributed by atoms with van der Waals surface area (Å²) < 4.78 is 0. The fourth-order valence-corrected chi connectivity index (χ4v) is 0.632. The maximum atomic E-state index is 8.55. The third kappa shape index (κ3) is 1.44. The first-order valence-electron chi connectivity index (χ1n) is 2.81. The number of nitrogens with one attached hydrogen (secondary N) is 1. The molecule has 0 atom stereocenters. The minimum absolute atomic E-state index is 0.370. The van der Waals surface area contributed by atoms with Gasteiger partial charge in [-0.1, -0.05) is 0 Å². The molecule has 0 amide bonds. The molecule has 1 rings (SSSR count). The van der Waals surface area contributed by atoms with Crippen molar-refractivity contribution in [3.05, 3.63) is 24.3 Å². The number of hydrogen-bond acceptors (Lipinski definition) is 3. The van der Waals surface area contributed by atoms with E-state index in [1.54, 1.807) is 12.1 Å². The SMILES string of the molecule is Nc1ccc([NH+](O)O)cc1. The van der Waals surface area contributed by atoms with Gasteiger partial charge >= 0.3 is 0 Å². The molecule has 4 nitrogen and oxygen atoms in total. The second kappa shape index (κ2) is 2.66. The first-order chi connectivity index (χ1) is 4.70. The molecule has 10 heavy (non-hydrogen) atoms. The Balaban J connectivity index is 2.89. The van der Waals surface area contributed by atoms with Crippen LogP contribution in [-0.4, -0.2) is 10.4 Å². The van der Waals surface area contributed by atoms with Gasteiger partial charge in [0.25, 0.3) is 0 Å². The zero-order valence-corrected chi connectivity index (χ0v) is 5.28. The highest BCUT2D eigenvalue weighted by molar-refractivity contribution is 5.43. The van der Waals surface area contributed by atoms with Crippen LogP contribution in [0.2, 0.25) is 0 Å². The summed E-state index contributed by atoms with van der Waals surface area (Å²) >= 11 is 0. The largest absolute Gasteiger partial charge is 0.399 e. The van der Waals surface area contributed by atoms with E-state index in [9.17, 15) is 0 Å². The highest BCUT2D eigenvalue weighted by atomic mass is 16.8. The number of nitrogens with two attached hydrogens (primary N) is 1. The van der Waals surface area contributed by atoms with Gasteiger partial charge in [0, 0.05) is 17.8 Å². The molecule has 1 aromatic carbocycles. The molecule has 0 saturated carbocycles. The van der Waals surface area contributed by atoms with Crippen molar-refractivity contribution in [3.63, 3.8) is 0 Å². The summed E-state index contributed by atoms with van der Waals surface area (Å²) in [5.41, 5.74) is 6.33. The molecule has 0 heterocycles. The van der Waals surface area contributed by atoms with Crippen molar-refractivity contribution in [2.75, 3.05) is 5.73 Å². The van der Waals surface area contributed by atoms with E-state index in [0.29, 0.717) is 11.4 Å². The molecule has 4 heteroatoms. The first kappa shape index (κ1) is 7.01. The second-order valence-electron chi connectivity index (χ2n) is 1.95. The predicted molar refractivity (Wildman–Crippen MR) is 35.1 cm³/mol. The average molecular weight is 141 g/mol. The van der Waals surface area contributed by atoms with Gasteiger partial charge in [-0.05, 0) is 17.4 Å². The van der Waals surface area contributed by atoms with Gasteiger partial charge in [-0.3, -0.25) is 0 Å². The molecule has 0 aliphatic rings. The Morgan fingerprint density at radius 1 is 1.10 bits per heavy atom. The van der Waals surface area contributed by atoms with Crippen molar-refractivity contribution < 1.29 is 15.6 Å². The fourth-order valence-electron chi connectivity index (χ4n) is 0.632. The zero-order valence-electron chi connectivity index (χ0n) is 5.28. The van der Waals surface area contributed by atoms with Crippen LogP contribution in [0.3, 0.4) is 0 Å². The van der Waals surface area contributed by atoms with E-state index in [-0.39, 0.29) is 0 Å². The van der Waals surface area contributed by atoms with Gasteiger partial charge < -0.3 is 5.73 Å². The summed E-state index contributed by atoms with van der Waals surface area (Å²) in [4.78, 5) is 0. The van der Waals surface area contributed by atoms with Gasteiger partial charge in [0.15, 0.2) is 5.69 Å². The molecule has 0 bridgehead atoms. The van der Waals surface area contributed by atoms with E-state index >= 15 is 0 Å². The van der Waals surface area contributed by atoms with Crippen LogP contribution >= 0.6 is 0 Å². The third-order valence-electron chi connectivity index (χ3n) is 1.17. The van der Waals surface area contributed by atoms with Crippen molar-refractivity contribution in [2.45, 2.75) is 0 Å². The Kier molecular flexibility index (Phi) is 1.86. The minimum atomic E-state index is -0.681. The summed E-state index contributed by atoms with van der Waals surface area (Å²) in [5.74, 6) is 0. The highest BCUT2D eigenvalue weighted by Gasteiger charge is 2.02. The Bertz CT molecular complexity index is 207. The van der Waals surface area contributed by atoms with Crippen LogP contribution in [0.15, 0.2) is 24.3 Å². The van der Waals surface area contributed by atoms with Crippen LogP contribution in [0.25, 0.3) is 0 Å². The number of nitrogen functional groups attached to an aromatic ring is 1. The average Bonchev–Trinajstić information content (AvgIpc) is 1.88. The number of rotatable bonds is 1. The molecule has 0 radical (unpaired) electrons. The minimum Gasteiger partial charge on any atom is -0.399 e. The Morgan fingerprint density at radius 2 is 1.60 bits per heavy atom. The third-order valence-corrected chi connectivity index (χ3v) is 1.17. The predicted octanol–water partition coefficient (Wildman–Crippen LogP) is -0.436. The Hall–Kier alpha value is -1.10. The van der Waals surface area contributed by atoms with Gasteiger partial charge in [0.05, 0.1) is 0 Å². The Labute approximate surface area is 58.0 Å². The summed E-state index contributed by atoms with van der Waals surface area (Å²) in [6.07, 6.45) is 0. The van der Waals surface area contributed by atoms with E-state index in [2.05, 4.69) is 0 Å². The summed E-state index contributed by atoms with van der Waals surface area (Å²) in [5, 5.41) is 16.4. The molecule has 0 aromatic heterocycles. The van der Waals surface area contributed by atoms with Crippen molar-refractivity contribution >= 4 is 11.4 Å². The molecule has 0 aliphatic carbocycles. The lowest BCUT2D eigenvalue weighted by Gasteiger charge is -1.98. The van der Waals surface area contributed by atoms with Crippen LogP contribution in [0, 0.1) is 0 Å². The van der Waals surface area contributed by atoms with Crippen molar-refractivity contribution in [2.24, 2.45) is 0 Å². The maximum absolute atomic E-state index is 8.55. The zero-order chi connectivity index (χ0) is 7.56. The Morgan fingerprint density at radius 3 is 2.00 bits per heavy atom. The van der Waals surface area contributed by atoms with Crippen LogP contribution < -0.4 is 11.0 Å². The first-order valence-corrected chi connectivity index (χ1v) is 2.81. The molecule has 0 unspecified atom stereocenters. The summed E-state index contributed by atoms with van der Waals surface area (Å²) in [6.45, 7) is 0. The monoisotopic (exact) mass is 141 g/mol. The van der Waals surface area contributed by atoms with E-state index in [1.165, 1.54) is 12.1 Å². The number of anilines is 1. The molecule has 5 N–H and O–H groups in total. The molecule has 0 fully saturated rings.